The highest BCUT2D eigenvalue weighted by Gasteiger charge is 2.31. The number of allylic oxidation sites excluding steroid dienone is 1. The van der Waals surface area contributed by atoms with Crippen molar-refractivity contribution in [1.29, 1.82) is 0 Å². The molecular formula is C20H25N7OS2. The second-order valence-corrected chi connectivity index (χ2v) is 9.84. The molecule has 2 N–H and O–H groups in total. The summed E-state index contributed by atoms with van der Waals surface area (Å²) in [7, 11) is 0. The van der Waals surface area contributed by atoms with Gasteiger partial charge in [0.05, 0.1) is 21.8 Å². The zero-order valence-corrected chi connectivity index (χ0v) is 19.2. The van der Waals surface area contributed by atoms with Gasteiger partial charge in [0.2, 0.25) is 0 Å². The van der Waals surface area contributed by atoms with Crippen LogP contribution in [0.5, 0.6) is 0 Å². The summed E-state index contributed by atoms with van der Waals surface area (Å²) in [4.78, 5) is 18.5. The van der Waals surface area contributed by atoms with E-state index in [0.717, 1.165) is 29.1 Å². The standard InChI is InChI=1S/C20H25N7OS2/c1-6-9-26-16(23-24-19(26)29)15-11(2)21-18(30-15)22-17(28)14-10-13(12-7-8-12)25-27(14)20(3,4)5/h6,10,12H,1,7-9H2,2-5H3,(H,24,29)(H,21,22,28). The minimum atomic E-state index is -0.297. The molecule has 3 aromatic rings. The van der Waals surface area contributed by atoms with Crippen LogP contribution in [0.4, 0.5) is 5.13 Å². The highest BCUT2D eigenvalue weighted by molar-refractivity contribution is 7.71. The van der Waals surface area contributed by atoms with Crippen molar-refractivity contribution >= 4 is 34.6 Å². The van der Waals surface area contributed by atoms with Gasteiger partial charge in [-0.3, -0.25) is 24.5 Å². The fourth-order valence-electron chi connectivity index (χ4n) is 3.26. The molecule has 3 aromatic heterocycles. The molecule has 1 saturated carbocycles. The maximum atomic E-state index is 13.1. The first-order valence-electron chi connectivity index (χ1n) is 9.84. The largest absolute Gasteiger partial charge is 0.296 e. The third-order valence-electron chi connectivity index (χ3n) is 4.88. The number of aromatic nitrogens is 6. The summed E-state index contributed by atoms with van der Waals surface area (Å²) in [6.45, 7) is 12.3. The molecule has 30 heavy (non-hydrogen) atoms. The van der Waals surface area contributed by atoms with Gasteiger partial charge in [0.25, 0.3) is 5.91 Å². The quantitative estimate of drug-likeness (QED) is 0.428. The number of nitrogens with one attached hydrogen (secondary N) is 2. The fraction of sp³-hybridized carbons (Fsp3) is 0.450. The lowest BCUT2D eigenvalue weighted by Crippen LogP contribution is -2.29. The van der Waals surface area contributed by atoms with Crippen LogP contribution in [0, 0.1) is 11.7 Å². The smallest absolute Gasteiger partial charge is 0.275 e. The third-order valence-corrected chi connectivity index (χ3v) is 6.26. The highest BCUT2D eigenvalue weighted by atomic mass is 32.1. The van der Waals surface area contributed by atoms with E-state index in [1.54, 1.807) is 6.08 Å². The Balaban J connectivity index is 1.64. The molecule has 3 heterocycles. The summed E-state index contributed by atoms with van der Waals surface area (Å²) in [6.07, 6.45) is 4.03. The average molecular weight is 444 g/mol. The van der Waals surface area contributed by atoms with E-state index in [0.29, 0.717) is 33.9 Å². The summed E-state index contributed by atoms with van der Waals surface area (Å²) in [5.74, 6) is 0.946. The number of anilines is 1. The summed E-state index contributed by atoms with van der Waals surface area (Å²) in [6, 6.07) is 1.91. The van der Waals surface area contributed by atoms with Crippen LogP contribution in [-0.2, 0) is 12.1 Å². The van der Waals surface area contributed by atoms with E-state index < -0.39 is 0 Å². The third kappa shape index (κ3) is 3.89. The number of carbonyl (C=O) groups excluding carboxylic acids is 1. The summed E-state index contributed by atoms with van der Waals surface area (Å²) < 4.78 is 4.18. The summed E-state index contributed by atoms with van der Waals surface area (Å²) in [5, 5.41) is 15.3. The predicted molar refractivity (Wildman–Crippen MR) is 121 cm³/mol. The van der Waals surface area contributed by atoms with Crippen molar-refractivity contribution < 1.29 is 4.79 Å². The molecule has 1 amide bonds. The maximum Gasteiger partial charge on any atom is 0.275 e. The molecule has 1 aliphatic carbocycles. The van der Waals surface area contributed by atoms with Crippen LogP contribution in [0.15, 0.2) is 18.7 Å². The van der Waals surface area contributed by atoms with Crippen molar-refractivity contribution in [2.75, 3.05) is 5.32 Å². The molecule has 10 heteroatoms. The Morgan fingerprint density at radius 2 is 2.20 bits per heavy atom. The van der Waals surface area contributed by atoms with E-state index in [1.807, 2.05) is 43.0 Å². The van der Waals surface area contributed by atoms with Crippen molar-refractivity contribution in [3.05, 3.63) is 40.6 Å². The van der Waals surface area contributed by atoms with Crippen LogP contribution in [-0.4, -0.2) is 35.4 Å². The number of amides is 1. The topological polar surface area (TPSA) is 93.4 Å². The molecule has 0 unspecified atom stereocenters. The van der Waals surface area contributed by atoms with Gasteiger partial charge in [-0.05, 0) is 58.8 Å². The van der Waals surface area contributed by atoms with E-state index in [4.69, 9.17) is 17.3 Å². The molecule has 0 bridgehead atoms. The lowest BCUT2D eigenvalue weighted by atomic mass is 10.1. The Labute approximate surface area is 184 Å². The number of H-pyrrole nitrogens is 1. The fourth-order valence-corrected chi connectivity index (χ4v) is 4.43. The van der Waals surface area contributed by atoms with Gasteiger partial charge in [-0.1, -0.05) is 17.4 Å². The minimum absolute atomic E-state index is 0.213. The van der Waals surface area contributed by atoms with Gasteiger partial charge in [-0.2, -0.15) is 10.2 Å². The number of nitrogens with zero attached hydrogens (tertiary/aromatic N) is 5. The highest BCUT2D eigenvalue weighted by Crippen LogP contribution is 2.40. The van der Waals surface area contributed by atoms with Crippen LogP contribution in [0.1, 0.15) is 61.4 Å². The summed E-state index contributed by atoms with van der Waals surface area (Å²) in [5.41, 5.74) is 2.02. The van der Waals surface area contributed by atoms with Crippen LogP contribution in [0.2, 0.25) is 0 Å². The number of aromatic amines is 1. The Morgan fingerprint density at radius 1 is 1.47 bits per heavy atom. The van der Waals surface area contributed by atoms with E-state index in [1.165, 1.54) is 11.3 Å². The van der Waals surface area contributed by atoms with Gasteiger partial charge in [-0.15, -0.1) is 6.58 Å². The molecule has 0 atom stereocenters. The first kappa shape index (κ1) is 20.7. The van der Waals surface area contributed by atoms with Gasteiger partial charge in [0, 0.05) is 12.5 Å². The molecule has 4 rings (SSSR count). The first-order valence-corrected chi connectivity index (χ1v) is 11.1. The normalized spacial score (nSPS) is 14.1. The molecule has 1 aliphatic rings. The summed E-state index contributed by atoms with van der Waals surface area (Å²) >= 11 is 6.67. The Morgan fingerprint density at radius 3 is 2.83 bits per heavy atom. The van der Waals surface area contributed by atoms with Gasteiger partial charge in [-0.25, -0.2) is 4.98 Å². The van der Waals surface area contributed by atoms with Crippen molar-refractivity contribution in [3.8, 4) is 10.7 Å². The molecule has 0 aliphatic heterocycles. The molecule has 0 radical (unpaired) electrons. The van der Waals surface area contributed by atoms with Gasteiger partial charge in [0.15, 0.2) is 15.7 Å². The number of hydrogen-bond acceptors (Lipinski definition) is 6. The lowest BCUT2D eigenvalue weighted by molar-refractivity contribution is 0.100. The molecule has 158 valence electrons. The number of thiazole rings is 1. The molecular weight excluding hydrogens is 418 g/mol. The van der Waals surface area contributed by atoms with Gasteiger partial charge >= 0.3 is 0 Å². The average Bonchev–Trinajstić information content (AvgIpc) is 3.15. The van der Waals surface area contributed by atoms with Crippen molar-refractivity contribution in [3.63, 3.8) is 0 Å². The zero-order chi connectivity index (χ0) is 21.6. The van der Waals surface area contributed by atoms with Crippen molar-refractivity contribution in [1.82, 2.24) is 29.5 Å². The first-order chi connectivity index (χ1) is 14.2. The van der Waals surface area contributed by atoms with Gasteiger partial charge in [0.1, 0.15) is 5.69 Å². The minimum Gasteiger partial charge on any atom is -0.296 e. The van der Waals surface area contributed by atoms with E-state index in [-0.39, 0.29) is 11.4 Å². The zero-order valence-electron chi connectivity index (χ0n) is 17.5. The maximum absolute atomic E-state index is 13.1. The SMILES string of the molecule is C=CCn1c(-c2sc(NC(=O)c3cc(C4CC4)nn3C(C)(C)C)nc2C)n[nH]c1=S. The Kier molecular flexibility index (Phi) is 5.23. The van der Waals surface area contributed by atoms with E-state index in [2.05, 4.69) is 27.1 Å². The number of hydrogen-bond donors (Lipinski definition) is 2. The van der Waals surface area contributed by atoms with Crippen molar-refractivity contribution in [2.24, 2.45) is 0 Å². The second kappa shape index (κ2) is 7.59. The molecule has 1 fully saturated rings. The monoisotopic (exact) mass is 443 g/mol. The molecule has 0 spiro atoms. The van der Waals surface area contributed by atoms with Crippen LogP contribution < -0.4 is 5.32 Å². The molecule has 8 nitrogen and oxygen atoms in total. The van der Waals surface area contributed by atoms with Gasteiger partial charge < -0.3 is 0 Å². The number of aryl methyl sites for hydroxylation is 1. The van der Waals surface area contributed by atoms with Crippen LogP contribution in [0.25, 0.3) is 10.7 Å². The van der Waals surface area contributed by atoms with Crippen molar-refractivity contribution in [2.45, 2.75) is 58.5 Å². The second-order valence-electron chi connectivity index (χ2n) is 8.45. The lowest BCUT2D eigenvalue weighted by Gasteiger charge is -2.21. The van der Waals surface area contributed by atoms with E-state index in [9.17, 15) is 4.79 Å². The molecule has 0 aromatic carbocycles. The van der Waals surface area contributed by atoms with Crippen LogP contribution >= 0.6 is 23.6 Å². The predicted octanol–water partition coefficient (Wildman–Crippen LogP) is 4.64. The molecule has 0 saturated heterocycles. The van der Waals surface area contributed by atoms with E-state index >= 15 is 0 Å². The Bertz CT molecular complexity index is 1170. The Hall–Kier alpha value is -2.59. The van der Waals surface area contributed by atoms with Crippen LogP contribution in [0.3, 0.4) is 0 Å². The number of carbonyl (C=O) groups is 1. The number of rotatable bonds is 6.